The number of hydrogen-bond acceptors (Lipinski definition) is 1. The molecule has 1 heteroatoms. The van der Waals surface area contributed by atoms with E-state index in [2.05, 4.69) is 0 Å². The van der Waals surface area contributed by atoms with Crippen molar-refractivity contribution in [1.82, 2.24) is 0 Å². The predicted octanol–water partition coefficient (Wildman–Crippen LogP) is 12.6. The first-order valence-corrected chi connectivity index (χ1v) is 14.0. The number of benzene rings is 8. The van der Waals surface area contributed by atoms with E-state index < -0.39 is 103 Å². The molecule has 0 atom stereocenters. The molecule has 0 aliphatic heterocycles. The minimum absolute atomic E-state index is 0.00317. The maximum absolute atomic E-state index is 9.53. The molecule has 0 aliphatic carbocycles. The van der Waals surface area contributed by atoms with Crippen LogP contribution < -0.4 is 0 Å². The van der Waals surface area contributed by atoms with Crippen LogP contribution in [0.15, 0.2) is 174 Å². The van der Waals surface area contributed by atoms with Crippen LogP contribution in [0.5, 0.6) is 0 Å². The standard InChI is InChI=1S/C44H28O/c1-3-15-29(16-4-1)31-19-7-8-20-33(31)41-34-21-9-11-23-36(34)42(37-24-12-10-22-35(37)41)39-28-27-32(30-17-5-2-6-18-30)44-43(39)38-25-13-14-26-40(38)45-44/h1-28H/i1D,2D,5D,6D,7D,8D,9D,10D,11D,12D,17D,18D,19D,20D,21D,22D,23D,24D. The summed E-state index contributed by atoms with van der Waals surface area (Å²) >= 11 is 0. The Hall–Kier alpha value is -5.92. The molecular formula is C44H28O. The van der Waals surface area contributed by atoms with Crippen molar-refractivity contribution in [2.45, 2.75) is 0 Å². The third-order valence-corrected chi connectivity index (χ3v) is 7.88. The lowest BCUT2D eigenvalue weighted by atomic mass is 9.83. The molecule has 0 saturated heterocycles. The van der Waals surface area contributed by atoms with Crippen LogP contribution >= 0.6 is 0 Å². The molecule has 9 rings (SSSR count). The number of hydrogen-bond donors (Lipinski definition) is 0. The Balaban J connectivity index is 1.60. The van der Waals surface area contributed by atoms with Crippen LogP contribution in [-0.2, 0) is 0 Å². The lowest BCUT2D eigenvalue weighted by Crippen LogP contribution is -1.93. The van der Waals surface area contributed by atoms with E-state index in [4.69, 9.17) is 22.2 Å². The molecule has 0 amide bonds. The summed E-state index contributed by atoms with van der Waals surface area (Å²) in [7, 11) is 0. The maximum atomic E-state index is 9.53. The summed E-state index contributed by atoms with van der Waals surface area (Å²) in [5.74, 6) is 0. The number of furan rings is 1. The molecule has 0 radical (unpaired) electrons. The number of rotatable bonds is 4. The summed E-state index contributed by atoms with van der Waals surface area (Å²) in [5.41, 5.74) is -0.458. The summed E-state index contributed by atoms with van der Waals surface area (Å²) in [4.78, 5) is 0. The molecule has 1 heterocycles. The maximum Gasteiger partial charge on any atom is 0.143 e. The first-order valence-electron chi connectivity index (χ1n) is 23.0. The van der Waals surface area contributed by atoms with Gasteiger partial charge in [0.05, 0.1) is 24.7 Å². The Kier molecular flexibility index (Phi) is 3.08. The van der Waals surface area contributed by atoms with Crippen molar-refractivity contribution >= 4 is 43.5 Å². The van der Waals surface area contributed by atoms with Crippen LogP contribution in [-0.4, -0.2) is 0 Å². The monoisotopic (exact) mass is 590 g/mol. The van der Waals surface area contributed by atoms with Gasteiger partial charge in [0, 0.05) is 16.3 Å². The predicted molar refractivity (Wildman–Crippen MR) is 190 cm³/mol. The van der Waals surface area contributed by atoms with E-state index in [0.717, 1.165) is 0 Å². The highest BCUT2D eigenvalue weighted by molar-refractivity contribution is 6.27. The highest BCUT2D eigenvalue weighted by Gasteiger charge is 2.22. The first-order chi connectivity index (χ1) is 29.8. The molecule has 0 saturated carbocycles. The average Bonchev–Trinajstić information content (AvgIpc) is 3.67. The van der Waals surface area contributed by atoms with Crippen LogP contribution in [0.25, 0.3) is 88.0 Å². The highest BCUT2D eigenvalue weighted by Crippen LogP contribution is 2.49. The van der Waals surface area contributed by atoms with Gasteiger partial charge in [0.15, 0.2) is 0 Å². The number of para-hydroxylation sites is 1. The van der Waals surface area contributed by atoms with Gasteiger partial charge in [0.25, 0.3) is 0 Å². The zero-order valence-corrected chi connectivity index (χ0v) is 23.2. The first kappa shape index (κ1) is 13.4. The van der Waals surface area contributed by atoms with E-state index in [9.17, 15) is 6.85 Å². The Labute approximate surface area is 286 Å². The topological polar surface area (TPSA) is 13.1 Å². The molecule has 1 nitrogen and oxygen atoms in total. The summed E-state index contributed by atoms with van der Waals surface area (Å²) in [6.45, 7) is 0. The molecule has 0 unspecified atom stereocenters. The van der Waals surface area contributed by atoms with Gasteiger partial charge in [0.1, 0.15) is 11.2 Å². The molecule has 1 aromatic heterocycles. The van der Waals surface area contributed by atoms with E-state index in [1.807, 2.05) is 0 Å². The van der Waals surface area contributed by atoms with Crippen molar-refractivity contribution < 1.29 is 29.1 Å². The fourth-order valence-corrected chi connectivity index (χ4v) is 6.03. The zero-order chi connectivity index (χ0) is 45.4. The van der Waals surface area contributed by atoms with Crippen LogP contribution in [0, 0.1) is 0 Å². The van der Waals surface area contributed by atoms with E-state index in [1.54, 1.807) is 24.3 Å². The van der Waals surface area contributed by atoms with Crippen molar-refractivity contribution in [3.8, 4) is 44.5 Å². The van der Waals surface area contributed by atoms with E-state index in [-0.39, 0.29) is 88.6 Å². The Morgan fingerprint density at radius 1 is 0.378 bits per heavy atom. The van der Waals surface area contributed by atoms with Gasteiger partial charge in [0.2, 0.25) is 0 Å². The van der Waals surface area contributed by atoms with Crippen molar-refractivity contribution in [3.63, 3.8) is 0 Å². The van der Waals surface area contributed by atoms with Crippen molar-refractivity contribution in [2.75, 3.05) is 0 Å². The van der Waals surface area contributed by atoms with Gasteiger partial charge in [-0.1, -0.05) is 157 Å². The summed E-state index contributed by atoms with van der Waals surface area (Å²) in [5, 5.41) is -0.574. The summed E-state index contributed by atoms with van der Waals surface area (Å²) in [6, 6.07) is 4.29. The van der Waals surface area contributed by atoms with Crippen LogP contribution in [0.4, 0.5) is 0 Å². The van der Waals surface area contributed by atoms with Crippen molar-refractivity contribution in [2.24, 2.45) is 0 Å². The lowest BCUT2D eigenvalue weighted by Gasteiger charge is -2.20. The minimum atomic E-state index is -0.740. The second-order valence-corrected chi connectivity index (χ2v) is 10.3. The van der Waals surface area contributed by atoms with Crippen LogP contribution in [0.3, 0.4) is 0 Å². The normalized spacial score (nSPS) is 17.2. The minimum Gasteiger partial charge on any atom is -0.455 e. The van der Waals surface area contributed by atoms with E-state index in [1.165, 1.54) is 36.4 Å². The molecule has 0 fully saturated rings. The van der Waals surface area contributed by atoms with Gasteiger partial charge in [-0.3, -0.25) is 0 Å². The van der Waals surface area contributed by atoms with Gasteiger partial charge >= 0.3 is 0 Å². The van der Waals surface area contributed by atoms with Gasteiger partial charge in [-0.25, -0.2) is 0 Å². The molecule has 8 aromatic carbocycles. The smallest absolute Gasteiger partial charge is 0.143 e. The summed E-state index contributed by atoms with van der Waals surface area (Å²) in [6.07, 6.45) is 0. The SMILES string of the molecule is [2H]c1ccc(-c2c([2H])c([2H])c([2H])c([2H])c2-c2c3c([2H])c([2H])c([2H])c([2H])c3c(-c3ccc(-c4c([2H])c([2H])c([2H])c([2H])c4[2H])c4oc5ccccc5c34)c3c([2H])c([2H])c([2H])c([2H])c23)cc1. The Morgan fingerprint density at radius 2 is 0.933 bits per heavy atom. The third kappa shape index (κ3) is 4.02. The second kappa shape index (κ2) is 10.4. The molecular weight excluding hydrogens is 544 g/mol. The Morgan fingerprint density at radius 3 is 1.62 bits per heavy atom. The molecule has 9 aromatic rings. The molecule has 210 valence electrons. The van der Waals surface area contributed by atoms with Crippen LogP contribution in [0.2, 0.25) is 0 Å². The van der Waals surface area contributed by atoms with Crippen molar-refractivity contribution in [1.29, 1.82) is 0 Å². The quantitative estimate of drug-likeness (QED) is 0.186. The zero-order valence-electron chi connectivity index (χ0n) is 41.2. The van der Waals surface area contributed by atoms with E-state index in [0.29, 0.717) is 5.39 Å². The fourth-order valence-electron chi connectivity index (χ4n) is 6.03. The molecule has 0 bridgehead atoms. The van der Waals surface area contributed by atoms with Gasteiger partial charge < -0.3 is 4.42 Å². The van der Waals surface area contributed by atoms with E-state index >= 15 is 0 Å². The molecule has 0 spiro atoms. The van der Waals surface area contributed by atoms with Gasteiger partial charge in [-0.05, 0) is 72.6 Å². The largest absolute Gasteiger partial charge is 0.455 e. The van der Waals surface area contributed by atoms with Gasteiger partial charge in [-0.15, -0.1) is 0 Å². The third-order valence-electron chi connectivity index (χ3n) is 7.88. The fraction of sp³-hybridized carbons (Fsp3) is 0. The second-order valence-electron chi connectivity index (χ2n) is 10.3. The molecule has 0 N–H and O–H groups in total. The molecule has 45 heavy (non-hydrogen) atoms. The highest BCUT2D eigenvalue weighted by atomic mass is 16.3. The van der Waals surface area contributed by atoms with Crippen molar-refractivity contribution in [3.05, 3.63) is 169 Å². The number of fused-ring (bicyclic) bond motifs is 5. The molecule has 0 aliphatic rings. The lowest BCUT2D eigenvalue weighted by molar-refractivity contribution is 0.670. The van der Waals surface area contributed by atoms with Crippen LogP contribution in [0.1, 0.15) is 24.7 Å². The Bertz CT molecular complexity index is 3430. The average molecular weight is 591 g/mol. The van der Waals surface area contributed by atoms with Gasteiger partial charge in [-0.2, -0.15) is 0 Å². The summed E-state index contributed by atoms with van der Waals surface area (Å²) < 4.78 is 167.